The Morgan fingerprint density at radius 3 is 2.41 bits per heavy atom. The summed E-state index contributed by atoms with van der Waals surface area (Å²) in [5.74, 6) is -0.390. The lowest BCUT2D eigenvalue weighted by molar-refractivity contribution is -0.129. The molecule has 0 radical (unpaired) electrons. The van der Waals surface area contributed by atoms with Gasteiger partial charge in [-0.15, -0.1) is 0 Å². The SMILES string of the molecule is O=C(CNC(=O)C1CCCCC1)NCCc1ccc(F)cc1. The van der Waals surface area contributed by atoms with Crippen molar-refractivity contribution in [2.75, 3.05) is 13.1 Å². The van der Waals surface area contributed by atoms with Gasteiger partial charge in [-0.3, -0.25) is 9.59 Å². The van der Waals surface area contributed by atoms with Gasteiger partial charge < -0.3 is 10.6 Å². The highest BCUT2D eigenvalue weighted by Crippen LogP contribution is 2.23. The van der Waals surface area contributed by atoms with Crippen LogP contribution in [-0.4, -0.2) is 24.9 Å². The molecule has 2 amide bonds. The Kier molecular flexibility index (Phi) is 6.37. The highest BCUT2D eigenvalue weighted by Gasteiger charge is 2.21. The van der Waals surface area contributed by atoms with E-state index in [-0.39, 0.29) is 30.1 Å². The van der Waals surface area contributed by atoms with Gasteiger partial charge in [-0.1, -0.05) is 31.4 Å². The quantitative estimate of drug-likeness (QED) is 0.846. The Morgan fingerprint density at radius 1 is 1.05 bits per heavy atom. The van der Waals surface area contributed by atoms with E-state index in [9.17, 15) is 14.0 Å². The molecular weight excluding hydrogens is 283 g/mol. The van der Waals surface area contributed by atoms with Crippen molar-refractivity contribution in [2.24, 2.45) is 5.92 Å². The molecule has 0 aromatic heterocycles. The van der Waals surface area contributed by atoms with Crippen LogP contribution in [0.2, 0.25) is 0 Å². The van der Waals surface area contributed by atoms with Crippen LogP contribution in [0, 0.1) is 11.7 Å². The molecule has 1 aliphatic carbocycles. The first-order chi connectivity index (χ1) is 10.6. The van der Waals surface area contributed by atoms with Crippen molar-refractivity contribution in [2.45, 2.75) is 38.5 Å². The monoisotopic (exact) mass is 306 g/mol. The molecule has 0 spiro atoms. The van der Waals surface area contributed by atoms with Gasteiger partial charge in [0.05, 0.1) is 6.54 Å². The lowest BCUT2D eigenvalue weighted by atomic mass is 9.89. The number of benzene rings is 1. The van der Waals surface area contributed by atoms with Gasteiger partial charge in [0.25, 0.3) is 0 Å². The van der Waals surface area contributed by atoms with Gasteiger partial charge in [0.15, 0.2) is 0 Å². The maximum absolute atomic E-state index is 12.8. The van der Waals surface area contributed by atoms with Crippen molar-refractivity contribution in [3.05, 3.63) is 35.6 Å². The number of carbonyl (C=O) groups excluding carboxylic acids is 2. The zero-order valence-corrected chi connectivity index (χ0v) is 12.7. The molecule has 0 atom stereocenters. The third kappa shape index (κ3) is 5.47. The van der Waals surface area contributed by atoms with E-state index in [1.807, 2.05) is 0 Å². The lowest BCUT2D eigenvalue weighted by Gasteiger charge is -2.20. The second kappa shape index (κ2) is 8.51. The van der Waals surface area contributed by atoms with E-state index < -0.39 is 0 Å². The number of nitrogens with one attached hydrogen (secondary N) is 2. The number of carbonyl (C=O) groups is 2. The largest absolute Gasteiger partial charge is 0.354 e. The highest BCUT2D eigenvalue weighted by atomic mass is 19.1. The van der Waals surface area contributed by atoms with Crippen molar-refractivity contribution in [3.63, 3.8) is 0 Å². The van der Waals surface area contributed by atoms with E-state index >= 15 is 0 Å². The van der Waals surface area contributed by atoms with Gasteiger partial charge in [-0.2, -0.15) is 0 Å². The predicted octanol–water partition coefficient (Wildman–Crippen LogP) is 2.18. The van der Waals surface area contributed by atoms with Crippen molar-refractivity contribution in [1.82, 2.24) is 10.6 Å². The molecule has 22 heavy (non-hydrogen) atoms. The zero-order valence-electron chi connectivity index (χ0n) is 12.7. The summed E-state index contributed by atoms with van der Waals surface area (Å²) in [6.07, 6.45) is 5.90. The van der Waals surface area contributed by atoms with E-state index in [4.69, 9.17) is 0 Å². The molecule has 1 aliphatic rings. The van der Waals surface area contributed by atoms with Crippen LogP contribution in [0.1, 0.15) is 37.7 Å². The molecule has 1 saturated carbocycles. The third-order valence-corrected chi connectivity index (χ3v) is 4.05. The number of amides is 2. The van der Waals surface area contributed by atoms with Crippen LogP contribution in [0.15, 0.2) is 24.3 Å². The summed E-state index contributed by atoms with van der Waals surface area (Å²) < 4.78 is 12.8. The summed E-state index contributed by atoms with van der Waals surface area (Å²) in [5.41, 5.74) is 0.966. The summed E-state index contributed by atoms with van der Waals surface area (Å²) in [6, 6.07) is 6.21. The average molecular weight is 306 g/mol. The minimum absolute atomic E-state index is 0.00613. The van der Waals surface area contributed by atoms with Crippen molar-refractivity contribution in [3.8, 4) is 0 Å². The predicted molar refractivity (Wildman–Crippen MR) is 82.7 cm³/mol. The second-order valence-electron chi connectivity index (χ2n) is 5.78. The number of rotatable bonds is 6. The van der Waals surface area contributed by atoms with Gasteiger partial charge >= 0.3 is 0 Å². The summed E-state index contributed by atoms with van der Waals surface area (Å²) in [4.78, 5) is 23.6. The molecule has 2 rings (SSSR count). The Morgan fingerprint density at radius 2 is 1.73 bits per heavy atom. The van der Waals surface area contributed by atoms with E-state index in [2.05, 4.69) is 10.6 Å². The fourth-order valence-corrected chi connectivity index (χ4v) is 2.74. The van der Waals surface area contributed by atoms with Crippen molar-refractivity contribution >= 4 is 11.8 Å². The lowest BCUT2D eigenvalue weighted by Crippen LogP contribution is -2.40. The normalized spacial score (nSPS) is 15.3. The molecule has 0 saturated heterocycles. The maximum atomic E-state index is 12.8. The Labute approximate surface area is 130 Å². The van der Waals surface area contributed by atoms with E-state index in [0.29, 0.717) is 13.0 Å². The van der Waals surface area contributed by atoms with Crippen molar-refractivity contribution in [1.29, 1.82) is 0 Å². The highest BCUT2D eigenvalue weighted by molar-refractivity contribution is 5.85. The van der Waals surface area contributed by atoms with Crippen molar-refractivity contribution < 1.29 is 14.0 Å². The summed E-state index contributed by atoms with van der Waals surface area (Å²) in [7, 11) is 0. The van der Waals surface area contributed by atoms with Gasteiger partial charge in [0.1, 0.15) is 5.82 Å². The fraction of sp³-hybridized carbons (Fsp3) is 0.529. The van der Waals surface area contributed by atoms with Crippen LogP contribution in [0.4, 0.5) is 4.39 Å². The van der Waals surface area contributed by atoms with Gasteiger partial charge in [0, 0.05) is 12.5 Å². The molecular formula is C17H23FN2O2. The minimum Gasteiger partial charge on any atom is -0.354 e. The second-order valence-corrected chi connectivity index (χ2v) is 5.78. The molecule has 0 unspecified atom stereocenters. The third-order valence-electron chi connectivity index (χ3n) is 4.05. The molecule has 0 bridgehead atoms. The van der Waals surface area contributed by atoms with Crippen LogP contribution < -0.4 is 10.6 Å². The average Bonchev–Trinajstić information content (AvgIpc) is 2.55. The zero-order chi connectivity index (χ0) is 15.8. The molecule has 4 nitrogen and oxygen atoms in total. The Bertz CT molecular complexity index is 496. The standard InChI is InChI=1S/C17H23FN2O2/c18-15-8-6-13(7-9-15)10-11-19-16(21)12-20-17(22)14-4-2-1-3-5-14/h6-9,14H,1-5,10-12H2,(H,19,21)(H,20,22). The fourth-order valence-electron chi connectivity index (χ4n) is 2.74. The van der Waals surface area contributed by atoms with Crippen LogP contribution >= 0.6 is 0 Å². The smallest absolute Gasteiger partial charge is 0.239 e. The van der Waals surface area contributed by atoms with Gasteiger partial charge in [-0.25, -0.2) is 4.39 Å². The van der Waals surface area contributed by atoms with Crippen LogP contribution in [0.25, 0.3) is 0 Å². The molecule has 5 heteroatoms. The van der Waals surface area contributed by atoms with Crippen LogP contribution in [0.3, 0.4) is 0 Å². The molecule has 1 aromatic rings. The molecule has 0 heterocycles. The first-order valence-corrected chi connectivity index (χ1v) is 7.94. The number of hydrogen-bond donors (Lipinski definition) is 2. The molecule has 1 aromatic carbocycles. The summed E-state index contributed by atoms with van der Waals surface area (Å²) in [6.45, 7) is 0.502. The topological polar surface area (TPSA) is 58.2 Å². The first-order valence-electron chi connectivity index (χ1n) is 7.94. The van der Waals surface area contributed by atoms with Crippen LogP contribution in [0.5, 0.6) is 0 Å². The van der Waals surface area contributed by atoms with Gasteiger partial charge in [-0.05, 0) is 37.0 Å². The summed E-state index contributed by atoms with van der Waals surface area (Å²) in [5, 5.41) is 5.46. The van der Waals surface area contributed by atoms with Crippen LogP contribution in [-0.2, 0) is 16.0 Å². The van der Waals surface area contributed by atoms with E-state index in [0.717, 1.165) is 31.2 Å². The van der Waals surface area contributed by atoms with E-state index in [1.165, 1.54) is 18.6 Å². The molecule has 2 N–H and O–H groups in total. The Balaban J connectivity index is 1.61. The Hall–Kier alpha value is -1.91. The molecule has 120 valence electrons. The molecule has 0 aliphatic heterocycles. The minimum atomic E-state index is -0.266. The molecule has 1 fully saturated rings. The van der Waals surface area contributed by atoms with E-state index in [1.54, 1.807) is 12.1 Å². The summed E-state index contributed by atoms with van der Waals surface area (Å²) >= 11 is 0. The number of hydrogen-bond acceptors (Lipinski definition) is 2. The van der Waals surface area contributed by atoms with Gasteiger partial charge in [0.2, 0.25) is 11.8 Å². The first kappa shape index (κ1) is 16.5. The maximum Gasteiger partial charge on any atom is 0.239 e. The number of halogens is 1.